The third-order valence-electron chi connectivity index (χ3n) is 4.72. The van der Waals surface area contributed by atoms with Crippen molar-refractivity contribution < 1.29 is 0 Å². The molecular formula is C16H32N2. The minimum Gasteiger partial charge on any atom is -0.313 e. The zero-order valence-corrected chi connectivity index (χ0v) is 12.3. The van der Waals surface area contributed by atoms with Gasteiger partial charge in [-0.15, -0.1) is 0 Å². The number of rotatable bonds is 5. The van der Waals surface area contributed by atoms with E-state index in [-0.39, 0.29) is 0 Å². The van der Waals surface area contributed by atoms with E-state index in [4.69, 9.17) is 0 Å². The Bertz CT molecular complexity index is 203. The molecule has 2 fully saturated rings. The van der Waals surface area contributed by atoms with Crippen LogP contribution in [0.1, 0.15) is 71.1 Å². The van der Waals surface area contributed by atoms with Crippen molar-refractivity contribution in [2.45, 2.75) is 83.2 Å². The molecule has 1 heterocycles. The summed E-state index contributed by atoms with van der Waals surface area (Å²) >= 11 is 0. The van der Waals surface area contributed by atoms with Gasteiger partial charge in [-0.1, -0.05) is 39.0 Å². The van der Waals surface area contributed by atoms with E-state index < -0.39 is 0 Å². The van der Waals surface area contributed by atoms with Crippen LogP contribution in [-0.2, 0) is 0 Å². The molecule has 0 spiro atoms. The second kappa shape index (κ2) is 8.16. The zero-order valence-electron chi connectivity index (χ0n) is 12.3. The maximum atomic E-state index is 3.67. The van der Waals surface area contributed by atoms with E-state index in [2.05, 4.69) is 17.1 Å². The summed E-state index contributed by atoms with van der Waals surface area (Å²) in [7, 11) is 0. The fourth-order valence-electron chi connectivity index (χ4n) is 3.71. The maximum absolute atomic E-state index is 3.67. The highest BCUT2D eigenvalue weighted by Gasteiger charge is 2.23. The number of hydrogen-bond donors (Lipinski definition) is 1. The van der Waals surface area contributed by atoms with E-state index in [0.29, 0.717) is 0 Å². The highest BCUT2D eigenvalue weighted by atomic mass is 15.2. The smallest absolute Gasteiger partial charge is 0.0195 e. The lowest BCUT2D eigenvalue weighted by Gasteiger charge is -2.34. The Morgan fingerprint density at radius 3 is 2.28 bits per heavy atom. The summed E-state index contributed by atoms with van der Waals surface area (Å²) in [6, 6.07) is 1.66. The van der Waals surface area contributed by atoms with Gasteiger partial charge in [0.1, 0.15) is 0 Å². The van der Waals surface area contributed by atoms with Crippen molar-refractivity contribution in [1.82, 2.24) is 10.2 Å². The van der Waals surface area contributed by atoms with Gasteiger partial charge in [-0.25, -0.2) is 0 Å². The normalized spacial score (nSPS) is 27.3. The lowest BCUT2D eigenvalue weighted by molar-refractivity contribution is 0.152. The second-order valence-electron chi connectivity index (χ2n) is 6.29. The molecule has 2 heteroatoms. The van der Waals surface area contributed by atoms with E-state index in [1.807, 2.05) is 0 Å². The summed E-state index contributed by atoms with van der Waals surface area (Å²) in [6.45, 7) is 6.19. The number of nitrogens with zero attached hydrogens (tertiary/aromatic N) is 1. The first-order chi connectivity index (χ1) is 8.90. The molecule has 0 aromatic carbocycles. The van der Waals surface area contributed by atoms with Crippen LogP contribution < -0.4 is 5.32 Å². The molecule has 1 N–H and O–H groups in total. The molecule has 1 aliphatic carbocycles. The third-order valence-corrected chi connectivity index (χ3v) is 4.72. The molecule has 2 nitrogen and oxygen atoms in total. The van der Waals surface area contributed by atoms with Gasteiger partial charge in [-0.2, -0.15) is 0 Å². The van der Waals surface area contributed by atoms with Crippen LogP contribution in [-0.4, -0.2) is 36.6 Å². The lowest BCUT2D eigenvalue weighted by atomic mass is 9.95. The first-order valence-corrected chi connectivity index (χ1v) is 8.37. The summed E-state index contributed by atoms with van der Waals surface area (Å²) in [5.41, 5.74) is 0. The molecule has 1 atom stereocenters. The van der Waals surface area contributed by atoms with Crippen LogP contribution in [0.5, 0.6) is 0 Å². The topological polar surface area (TPSA) is 15.3 Å². The fraction of sp³-hybridized carbons (Fsp3) is 1.00. The largest absolute Gasteiger partial charge is 0.313 e. The fourth-order valence-corrected chi connectivity index (χ4v) is 3.71. The standard InChI is InChI=1S/C16H32N2/c1-2-13-18(14-15-9-8-12-17-15)16-10-6-4-3-5-7-11-16/h15-17H,2-14H2,1H3. The van der Waals surface area contributed by atoms with Gasteiger partial charge in [0.25, 0.3) is 0 Å². The van der Waals surface area contributed by atoms with Crippen molar-refractivity contribution in [3.05, 3.63) is 0 Å². The third kappa shape index (κ3) is 4.55. The summed E-state index contributed by atoms with van der Waals surface area (Å²) in [5, 5.41) is 3.67. The van der Waals surface area contributed by atoms with Crippen LogP contribution in [0.15, 0.2) is 0 Å². The highest BCUT2D eigenvalue weighted by molar-refractivity contribution is 4.82. The van der Waals surface area contributed by atoms with Gasteiger partial charge in [-0.05, 0) is 45.2 Å². The first kappa shape index (κ1) is 14.3. The lowest BCUT2D eigenvalue weighted by Crippen LogP contribution is -2.44. The Morgan fingerprint density at radius 1 is 0.944 bits per heavy atom. The number of nitrogens with one attached hydrogen (secondary N) is 1. The molecule has 0 aromatic heterocycles. The van der Waals surface area contributed by atoms with Crippen molar-refractivity contribution >= 4 is 0 Å². The van der Waals surface area contributed by atoms with E-state index >= 15 is 0 Å². The molecule has 18 heavy (non-hydrogen) atoms. The summed E-state index contributed by atoms with van der Waals surface area (Å²) in [5.74, 6) is 0. The van der Waals surface area contributed by atoms with Crippen molar-refractivity contribution in [1.29, 1.82) is 0 Å². The molecule has 0 radical (unpaired) electrons. The molecule has 0 bridgehead atoms. The molecule has 1 saturated heterocycles. The van der Waals surface area contributed by atoms with Gasteiger partial charge in [0, 0.05) is 18.6 Å². The van der Waals surface area contributed by atoms with Gasteiger partial charge in [0.15, 0.2) is 0 Å². The van der Waals surface area contributed by atoms with Gasteiger partial charge in [0.2, 0.25) is 0 Å². The second-order valence-corrected chi connectivity index (χ2v) is 6.29. The van der Waals surface area contributed by atoms with Gasteiger partial charge in [0.05, 0.1) is 0 Å². The van der Waals surface area contributed by atoms with Crippen LogP contribution in [0, 0.1) is 0 Å². The molecule has 0 aromatic rings. The Labute approximate surface area is 114 Å². The molecule has 1 unspecified atom stereocenters. The van der Waals surface area contributed by atoms with Crippen LogP contribution >= 0.6 is 0 Å². The van der Waals surface area contributed by atoms with Crippen molar-refractivity contribution in [2.24, 2.45) is 0 Å². The maximum Gasteiger partial charge on any atom is 0.0195 e. The van der Waals surface area contributed by atoms with Crippen molar-refractivity contribution in [3.63, 3.8) is 0 Å². The van der Waals surface area contributed by atoms with E-state index in [1.165, 1.54) is 83.8 Å². The van der Waals surface area contributed by atoms with Gasteiger partial charge >= 0.3 is 0 Å². The van der Waals surface area contributed by atoms with Crippen molar-refractivity contribution in [3.8, 4) is 0 Å². The van der Waals surface area contributed by atoms with Crippen LogP contribution in [0.4, 0.5) is 0 Å². The molecule has 0 amide bonds. The zero-order chi connectivity index (χ0) is 12.6. The average molecular weight is 252 g/mol. The quantitative estimate of drug-likeness (QED) is 0.805. The summed E-state index contributed by atoms with van der Waals surface area (Å²) in [4.78, 5) is 2.81. The van der Waals surface area contributed by atoms with Crippen LogP contribution in [0.2, 0.25) is 0 Å². The summed E-state index contributed by atoms with van der Waals surface area (Å²) < 4.78 is 0. The predicted octanol–water partition coefficient (Wildman–Crippen LogP) is 3.56. The monoisotopic (exact) mass is 252 g/mol. The highest BCUT2D eigenvalue weighted by Crippen LogP contribution is 2.22. The average Bonchev–Trinajstić information content (AvgIpc) is 2.81. The minimum absolute atomic E-state index is 0.780. The van der Waals surface area contributed by atoms with E-state index in [9.17, 15) is 0 Å². The molecule has 106 valence electrons. The number of hydrogen-bond acceptors (Lipinski definition) is 2. The van der Waals surface area contributed by atoms with Crippen LogP contribution in [0.25, 0.3) is 0 Å². The Kier molecular flexibility index (Phi) is 6.50. The Balaban J connectivity index is 1.84. The predicted molar refractivity (Wildman–Crippen MR) is 79.0 cm³/mol. The molecule has 2 rings (SSSR count). The molecule has 2 aliphatic rings. The SMILES string of the molecule is CCCN(CC1CCCN1)C1CCCCCCC1. The summed E-state index contributed by atoms with van der Waals surface area (Å²) in [6.07, 6.45) is 14.3. The van der Waals surface area contributed by atoms with E-state index in [0.717, 1.165) is 12.1 Å². The van der Waals surface area contributed by atoms with Crippen molar-refractivity contribution in [2.75, 3.05) is 19.6 Å². The first-order valence-electron chi connectivity index (χ1n) is 8.37. The minimum atomic E-state index is 0.780. The van der Waals surface area contributed by atoms with Crippen LogP contribution in [0.3, 0.4) is 0 Å². The Morgan fingerprint density at radius 2 is 1.67 bits per heavy atom. The molecular weight excluding hydrogens is 220 g/mol. The van der Waals surface area contributed by atoms with Gasteiger partial charge in [-0.3, -0.25) is 4.90 Å². The Hall–Kier alpha value is -0.0800. The van der Waals surface area contributed by atoms with E-state index in [1.54, 1.807) is 0 Å². The van der Waals surface area contributed by atoms with Gasteiger partial charge < -0.3 is 5.32 Å². The molecule has 1 saturated carbocycles. The molecule has 1 aliphatic heterocycles.